The van der Waals surface area contributed by atoms with Crippen LogP contribution in [-0.4, -0.2) is 56.7 Å². The van der Waals surface area contributed by atoms with Gasteiger partial charge in [0.1, 0.15) is 0 Å². The van der Waals surface area contributed by atoms with Crippen LogP contribution >= 0.6 is 0 Å². The maximum atomic E-state index is 12.4. The summed E-state index contributed by atoms with van der Waals surface area (Å²) in [6.07, 6.45) is 6.91. The van der Waals surface area contributed by atoms with E-state index in [9.17, 15) is 9.59 Å². The molecule has 2 aliphatic carbocycles. The summed E-state index contributed by atoms with van der Waals surface area (Å²) in [6, 6.07) is 5.65. The SMILES string of the molecule is CNC(=O)c1nnc([C@]2(C(N)=O)CC23CC3)cc1Nc1nc2ccc(N3CCCC3)cn2n1. The van der Waals surface area contributed by atoms with Crippen LogP contribution in [0.1, 0.15) is 48.3 Å². The van der Waals surface area contributed by atoms with Gasteiger partial charge in [0.25, 0.3) is 5.91 Å². The number of nitrogens with one attached hydrogen (secondary N) is 2. The highest BCUT2D eigenvalue weighted by molar-refractivity contribution is 5.98. The molecule has 0 aromatic carbocycles. The Morgan fingerprint density at radius 3 is 2.61 bits per heavy atom. The second-order valence-corrected chi connectivity index (χ2v) is 9.24. The van der Waals surface area contributed by atoms with Crippen LogP contribution in [0.3, 0.4) is 0 Å². The minimum Gasteiger partial charge on any atom is -0.370 e. The number of nitrogens with zero attached hydrogens (tertiary/aromatic N) is 6. The van der Waals surface area contributed by atoms with Crippen molar-refractivity contribution in [2.45, 2.75) is 37.5 Å². The molecule has 3 aromatic heterocycles. The smallest absolute Gasteiger partial charge is 0.273 e. The van der Waals surface area contributed by atoms with Gasteiger partial charge in [-0.25, -0.2) is 4.52 Å². The van der Waals surface area contributed by atoms with Gasteiger partial charge in [-0.1, -0.05) is 0 Å². The number of hydrogen-bond donors (Lipinski definition) is 3. The molecule has 2 saturated carbocycles. The highest BCUT2D eigenvalue weighted by Gasteiger charge is 2.78. The molecule has 1 spiro atoms. The van der Waals surface area contributed by atoms with E-state index in [1.54, 1.807) is 10.6 Å². The molecule has 0 radical (unpaired) electrons. The van der Waals surface area contributed by atoms with E-state index >= 15 is 0 Å². The van der Waals surface area contributed by atoms with E-state index in [0.717, 1.165) is 31.6 Å². The number of primary amides is 1. The van der Waals surface area contributed by atoms with Crippen LogP contribution in [0.2, 0.25) is 0 Å². The molecule has 170 valence electrons. The summed E-state index contributed by atoms with van der Waals surface area (Å²) in [5.41, 5.74) is 7.64. The zero-order valence-electron chi connectivity index (χ0n) is 18.3. The second-order valence-electron chi connectivity index (χ2n) is 9.24. The Kier molecular flexibility index (Phi) is 4.14. The number of nitrogens with two attached hydrogens (primary N) is 1. The molecule has 4 heterocycles. The molecule has 1 saturated heterocycles. The van der Waals surface area contributed by atoms with Crippen molar-refractivity contribution in [3.8, 4) is 0 Å². The number of carbonyl (C=O) groups is 2. The summed E-state index contributed by atoms with van der Waals surface area (Å²) in [5.74, 6) is -0.474. The number of rotatable bonds is 6. The van der Waals surface area contributed by atoms with Crippen molar-refractivity contribution >= 4 is 34.8 Å². The summed E-state index contributed by atoms with van der Waals surface area (Å²) in [4.78, 5) is 31.7. The number of anilines is 3. The standard InChI is InChI=1S/C22H25N9O2/c1-24-18(32)17-14(10-15(27-28-17)22(19(23)33)12-21(22)6-7-21)25-20-26-16-5-4-13(11-31(16)29-20)30-8-2-3-9-30/h4-5,10-11H,2-3,6-9,12H2,1H3,(H2,23,33)(H,24,32)(H,25,27,29)/t22-/m0/s1. The third kappa shape index (κ3) is 2.95. The average Bonchev–Trinajstić information content (AvgIpc) is 3.56. The Hall–Kier alpha value is -3.76. The van der Waals surface area contributed by atoms with Crippen LogP contribution < -0.4 is 21.3 Å². The molecule has 6 rings (SSSR count). The number of hydrogen-bond acceptors (Lipinski definition) is 8. The fourth-order valence-electron chi connectivity index (χ4n) is 5.24. The number of amides is 2. The largest absolute Gasteiger partial charge is 0.370 e. The van der Waals surface area contributed by atoms with E-state index in [-0.39, 0.29) is 11.1 Å². The van der Waals surface area contributed by atoms with Crippen LogP contribution in [0.4, 0.5) is 17.3 Å². The minimum atomic E-state index is -0.811. The summed E-state index contributed by atoms with van der Waals surface area (Å²) in [7, 11) is 1.52. The van der Waals surface area contributed by atoms with E-state index < -0.39 is 17.2 Å². The summed E-state index contributed by atoms with van der Waals surface area (Å²) < 4.78 is 1.72. The zero-order chi connectivity index (χ0) is 22.8. The highest BCUT2D eigenvalue weighted by Crippen LogP contribution is 2.78. The first-order chi connectivity index (χ1) is 16.0. The van der Waals surface area contributed by atoms with E-state index in [1.807, 2.05) is 18.3 Å². The van der Waals surface area contributed by atoms with E-state index in [2.05, 4.69) is 35.8 Å². The summed E-state index contributed by atoms with van der Waals surface area (Å²) in [6.45, 7) is 2.07. The van der Waals surface area contributed by atoms with Gasteiger partial charge in [-0.05, 0) is 55.7 Å². The lowest BCUT2D eigenvalue weighted by atomic mass is 9.96. The van der Waals surface area contributed by atoms with Gasteiger partial charge >= 0.3 is 0 Å². The van der Waals surface area contributed by atoms with Gasteiger partial charge in [0.05, 0.1) is 28.7 Å². The van der Waals surface area contributed by atoms with Gasteiger partial charge in [-0.15, -0.1) is 10.2 Å². The molecule has 1 atom stereocenters. The molecule has 3 fully saturated rings. The lowest BCUT2D eigenvalue weighted by Gasteiger charge is -2.16. The molecule has 3 aliphatic rings. The predicted octanol–water partition coefficient (Wildman–Crippen LogP) is 1.13. The molecule has 33 heavy (non-hydrogen) atoms. The summed E-state index contributed by atoms with van der Waals surface area (Å²) in [5, 5.41) is 18.6. The molecule has 1 aliphatic heterocycles. The van der Waals surface area contributed by atoms with Crippen LogP contribution in [0.15, 0.2) is 24.4 Å². The maximum Gasteiger partial charge on any atom is 0.273 e. The molecule has 3 aromatic rings. The van der Waals surface area contributed by atoms with Gasteiger partial charge in [-0.3, -0.25) is 9.59 Å². The first-order valence-corrected chi connectivity index (χ1v) is 11.2. The van der Waals surface area contributed by atoms with Crippen LogP contribution in [0, 0.1) is 5.41 Å². The third-order valence-electron chi connectivity index (χ3n) is 7.36. The lowest BCUT2D eigenvalue weighted by molar-refractivity contribution is -0.121. The fourth-order valence-corrected chi connectivity index (χ4v) is 5.24. The van der Waals surface area contributed by atoms with Crippen LogP contribution in [0.5, 0.6) is 0 Å². The number of fused-ring (bicyclic) bond motifs is 1. The van der Waals surface area contributed by atoms with Crippen LogP contribution in [-0.2, 0) is 10.2 Å². The van der Waals surface area contributed by atoms with Crippen LogP contribution in [0.25, 0.3) is 5.65 Å². The van der Waals surface area contributed by atoms with E-state index in [4.69, 9.17) is 5.73 Å². The first kappa shape index (κ1) is 19.9. The van der Waals surface area contributed by atoms with E-state index in [1.165, 1.54) is 19.9 Å². The molecule has 0 bridgehead atoms. The Bertz CT molecular complexity index is 1290. The quantitative estimate of drug-likeness (QED) is 0.510. The molecule has 11 heteroatoms. The molecule has 0 unspecified atom stereocenters. The topological polar surface area (TPSA) is 143 Å². The number of pyridine rings is 1. The Balaban J connectivity index is 1.36. The van der Waals surface area contributed by atoms with Crippen molar-refractivity contribution < 1.29 is 9.59 Å². The fraction of sp³-hybridized carbons (Fsp3) is 0.455. The zero-order valence-corrected chi connectivity index (χ0v) is 18.3. The first-order valence-electron chi connectivity index (χ1n) is 11.2. The Morgan fingerprint density at radius 1 is 1.15 bits per heavy atom. The molecular weight excluding hydrogens is 422 g/mol. The lowest BCUT2D eigenvalue weighted by Crippen LogP contribution is -2.33. The van der Waals surface area contributed by atoms with E-state index in [0.29, 0.717) is 29.4 Å². The maximum absolute atomic E-state index is 12.4. The molecule has 4 N–H and O–H groups in total. The van der Waals surface area contributed by atoms with Crippen molar-refractivity contribution in [2.24, 2.45) is 11.1 Å². The van der Waals surface area contributed by atoms with Crippen molar-refractivity contribution in [3.05, 3.63) is 35.8 Å². The Labute approximate surface area is 189 Å². The molecule has 11 nitrogen and oxygen atoms in total. The third-order valence-corrected chi connectivity index (χ3v) is 7.36. The monoisotopic (exact) mass is 447 g/mol. The second kappa shape index (κ2) is 6.87. The van der Waals surface area contributed by atoms with Crippen molar-refractivity contribution in [3.63, 3.8) is 0 Å². The van der Waals surface area contributed by atoms with Gasteiger partial charge < -0.3 is 21.3 Å². The predicted molar refractivity (Wildman–Crippen MR) is 120 cm³/mol. The Morgan fingerprint density at radius 2 is 1.94 bits per heavy atom. The minimum absolute atomic E-state index is 0.0906. The van der Waals surface area contributed by atoms with Crippen molar-refractivity contribution in [2.75, 3.05) is 30.4 Å². The average molecular weight is 448 g/mol. The molecular formula is C22H25N9O2. The highest BCUT2D eigenvalue weighted by atomic mass is 16.2. The summed E-state index contributed by atoms with van der Waals surface area (Å²) >= 11 is 0. The van der Waals surface area contributed by atoms with Gasteiger partial charge in [0.15, 0.2) is 11.3 Å². The van der Waals surface area contributed by atoms with Gasteiger partial charge in [0.2, 0.25) is 11.9 Å². The van der Waals surface area contributed by atoms with Gasteiger partial charge in [-0.2, -0.15) is 10.1 Å². The number of carbonyl (C=O) groups excluding carboxylic acids is 2. The van der Waals surface area contributed by atoms with Crippen molar-refractivity contribution in [1.29, 1.82) is 0 Å². The van der Waals surface area contributed by atoms with Gasteiger partial charge in [0, 0.05) is 20.1 Å². The normalized spacial score (nSPS) is 22.5. The van der Waals surface area contributed by atoms with Crippen molar-refractivity contribution in [1.82, 2.24) is 30.1 Å². The number of aromatic nitrogens is 5. The molecule has 2 amide bonds.